The van der Waals surface area contributed by atoms with E-state index in [1.54, 1.807) is 0 Å². The Morgan fingerprint density at radius 1 is 1.17 bits per heavy atom. The highest BCUT2D eigenvalue weighted by molar-refractivity contribution is 5.29. The minimum atomic E-state index is 0.285. The van der Waals surface area contributed by atoms with Crippen molar-refractivity contribution >= 4 is 0 Å². The molecule has 0 spiro atoms. The molecular formula is C16H27NO. The van der Waals surface area contributed by atoms with Crippen LogP contribution in [0.4, 0.5) is 0 Å². The fourth-order valence-corrected chi connectivity index (χ4v) is 1.97. The monoisotopic (exact) mass is 249 g/mol. The van der Waals surface area contributed by atoms with Crippen LogP contribution in [0.2, 0.25) is 0 Å². The minimum Gasteiger partial charge on any atom is -0.491 e. The molecule has 0 fully saturated rings. The molecule has 0 amide bonds. The molecule has 0 heterocycles. The lowest BCUT2D eigenvalue weighted by Gasteiger charge is -2.15. The van der Waals surface area contributed by atoms with Crippen LogP contribution in [-0.2, 0) is 0 Å². The van der Waals surface area contributed by atoms with Crippen LogP contribution < -0.4 is 10.1 Å². The quantitative estimate of drug-likeness (QED) is 0.704. The number of benzene rings is 1. The zero-order valence-corrected chi connectivity index (χ0v) is 12.2. The maximum Gasteiger partial charge on any atom is 0.119 e. The molecule has 18 heavy (non-hydrogen) atoms. The second-order valence-corrected chi connectivity index (χ2v) is 5.05. The highest BCUT2D eigenvalue weighted by Gasteiger charge is 2.05. The van der Waals surface area contributed by atoms with Crippen LogP contribution in [-0.4, -0.2) is 19.7 Å². The average Bonchev–Trinajstić information content (AvgIpc) is 2.39. The van der Waals surface area contributed by atoms with Crippen molar-refractivity contribution in [3.05, 3.63) is 29.8 Å². The van der Waals surface area contributed by atoms with Crippen LogP contribution in [0.5, 0.6) is 5.75 Å². The summed E-state index contributed by atoms with van der Waals surface area (Å²) in [6.45, 7) is 7.67. The van der Waals surface area contributed by atoms with Crippen molar-refractivity contribution in [3.8, 4) is 5.75 Å². The molecule has 1 aromatic rings. The normalized spacial score (nSPS) is 14.2. The lowest BCUT2D eigenvalue weighted by Crippen LogP contribution is -2.15. The van der Waals surface area contributed by atoms with Crippen LogP contribution in [0.3, 0.4) is 0 Å². The number of nitrogens with one attached hydrogen (secondary N) is 1. The molecule has 1 N–H and O–H groups in total. The Morgan fingerprint density at radius 3 is 2.39 bits per heavy atom. The molecule has 0 saturated carbocycles. The highest BCUT2D eigenvalue weighted by Crippen LogP contribution is 2.22. The molecule has 2 atom stereocenters. The van der Waals surface area contributed by atoms with Crippen molar-refractivity contribution in [3.63, 3.8) is 0 Å². The van der Waals surface area contributed by atoms with E-state index in [1.807, 2.05) is 7.05 Å². The molecule has 0 aliphatic carbocycles. The molecule has 0 aliphatic rings. The predicted molar refractivity (Wildman–Crippen MR) is 78.4 cm³/mol. The van der Waals surface area contributed by atoms with Crippen molar-refractivity contribution in [1.29, 1.82) is 0 Å². The largest absolute Gasteiger partial charge is 0.491 e. The summed E-state index contributed by atoms with van der Waals surface area (Å²) in [5, 5.41) is 3.16. The van der Waals surface area contributed by atoms with Crippen LogP contribution in [0.15, 0.2) is 24.3 Å². The van der Waals surface area contributed by atoms with E-state index in [2.05, 4.69) is 50.4 Å². The topological polar surface area (TPSA) is 21.3 Å². The minimum absolute atomic E-state index is 0.285. The average molecular weight is 249 g/mol. The van der Waals surface area contributed by atoms with Crippen molar-refractivity contribution < 1.29 is 4.74 Å². The standard InChI is InChI=1S/C16H27NO/c1-5-13(2)15-8-10-16(11-9-15)18-14(3)7-6-12-17-4/h8-11,13-14,17H,5-7,12H2,1-4H3. The summed E-state index contributed by atoms with van der Waals surface area (Å²) in [4.78, 5) is 0. The van der Waals surface area contributed by atoms with E-state index in [0.717, 1.165) is 25.1 Å². The van der Waals surface area contributed by atoms with Gasteiger partial charge in [-0.3, -0.25) is 0 Å². The van der Waals surface area contributed by atoms with Gasteiger partial charge in [0.15, 0.2) is 0 Å². The Bertz CT molecular complexity index is 320. The summed E-state index contributed by atoms with van der Waals surface area (Å²) < 4.78 is 5.90. The van der Waals surface area contributed by atoms with Gasteiger partial charge in [-0.1, -0.05) is 26.0 Å². The molecule has 0 aliphatic heterocycles. The Labute approximate surface area is 112 Å². The first-order valence-electron chi connectivity index (χ1n) is 7.08. The third-order valence-electron chi connectivity index (χ3n) is 3.44. The van der Waals surface area contributed by atoms with Crippen LogP contribution in [0, 0.1) is 0 Å². The van der Waals surface area contributed by atoms with Crippen LogP contribution in [0.25, 0.3) is 0 Å². The van der Waals surface area contributed by atoms with Crippen molar-refractivity contribution in [1.82, 2.24) is 5.32 Å². The molecule has 0 saturated heterocycles. The number of hydrogen-bond donors (Lipinski definition) is 1. The van der Waals surface area contributed by atoms with E-state index < -0.39 is 0 Å². The highest BCUT2D eigenvalue weighted by atomic mass is 16.5. The molecule has 1 rings (SSSR count). The first-order chi connectivity index (χ1) is 8.67. The lowest BCUT2D eigenvalue weighted by atomic mass is 9.99. The summed E-state index contributed by atoms with van der Waals surface area (Å²) >= 11 is 0. The third-order valence-corrected chi connectivity index (χ3v) is 3.44. The van der Waals surface area contributed by atoms with Gasteiger partial charge in [-0.25, -0.2) is 0 Å². The van der Waals surface area contributed by atoms with Gasteiger partial charge in [0.2, 0.25) is 0 Å². The fraction of sp³-hybridized carbons (Fsp3) is 0.625. The number of ether oxygens (including phenoxy) is 1. The van der Waals surface area contributed by atoms with Gasteiger partial charge in [0.25, 0.3) is 0 Å². The SMILES string of the molecule is CCC(C)c1ccc(OC(C)CCCNC)cc1. The first kappa shape index (κ1) is 15.0. The second kappa shape index (κ2) is 8.15. The molecule has 2 heteroatoms. The van der Waals surface area contributed by atoms with E-state index >= 15 is 0 Å². The zero-order valence-electron chi connectivity index (χ0n) is 12.2. The van der Waals surface area contributed by atoms with Gasteiger partial charge >= 0.3 is 0 Å². The van der Waals surface area contributed by atoms with Gasteiger partial charge in [0.1, 0.15) is 5.75 Å². The summed E-state index contributed by atoms with van der Waals surface area (Å²) in [6, 6.07) is 8.56. The Balaban J connectivity index is 2.43. The smallest absolute Gasteiger partial charge is 0.119 e. The molecule has 2 nitrogen and oxygen atoms in total. The number of hydrogen-bond acceptors (Lipinski definition) is 2. The summed E-state index contributed by atoms with van der Waals surface area (Å²) in [5.41, 5.74) is 1.40. The van der Waals surface area contributed by atoms with Gasteiger partial charge in [0, 0.05) is 0 Å². The summed E-state index contributed by atoms with van der Waals surface area (Å²) in [7, 11) is 1.99. The van der Waals surface area contributed by atoms with Crippen LogP contribution >= 0.6 is 0 Å². The maximum absolute atomic E-state index is 5.90. The Morgan fingerprint density at radius 2 is 1.83 bits per heavy atom. The van der Waals surface area contributed by atoms with E-state index in [9.17, 15) is 0 Å². The Kier molecular flexibility index (Phi) is 6.81. The van der Waals surface area contributed by atoms with E-state index in [1.165, 1.54) is 12.0 Å². The van der Waals surface area contributed by atoms with Crippen molar-refractivity contribution in [2.24, 2.45) is 0 Å². The lowest BCUT2D eigenvalue weighted by molar-refractivity contribution is 0.208. The van der Waals surface area contributed by atoms with E-state index in [4.69, 9.17) is 4.74 Å². The number of rotatable bonds is 8. The van der Waals surface area contributed by atoms with E-state index in [-0.39, 0.29) is 6.10 Å². The zero-order chi connectivity index (χ0) is 13.4. The third kappa shape index (κ3) is 5.09. The van der Waals surface area contributed by atoms with Gasteiger partial charge in [-0.15, -0.1) is 0 Å². The van der Waals surface area contributed by atoms with Crippen LogP contribution in [0.1, 0.15) is 51.5 Å². The Hall–Kier alpha value is -1.02. The van der Waals surface area contributed by atoms with Gasteiger partial charge in [-0.05, 0) is 63.4 Å². The molecule has 0 bridgehead atoms. The van der Waals surface area contributed by atoms with Gasteiger partial charge in [-0.2, -0.15) is 0 Å². The fourth-order valence-electron chi connectivity index (χ4n) is 1.97. The molecule has 102 valence electrons. The summed E-state index contributed by atoms with van der Waals surface area (Å²) in [5.74, 6) is 1.62. The van der Waals surface area contributed by atoms with Crippen molar-refractivity contribution in [2.45, 2.75) is 52.1 Å². The molecule has 0 aromatic heterocycles. The molecule has 0 radical (unpaired) electrons. The van der Waals surface area contributed by atoms with Gasteiger partial charge in [0.05, 0.1) is 6.10 Å². The van der Waals surface area contributed by atoms with E-state index in [0.29, 0.717) is 5.92 Å². The van der Waals surface area contributed by atoms with Crippen molar-refractivity contribution in [2.75, 3.05) is 13.6 Å². The predicted octanol–water partition coefficient (Wildman–Crippen LogP) is 3.97. The maximum atomic E-state index is 5.90. The molecule has 1 aromatic carbocycles. The van der Waals surface area contributed by atoms with Gasteiger partial charge < -0.3 is 10.1 Å². The molecular weight excluding hydrogens is 222 g/mol. The molecule has 2 unspecified atom stereocenters. The first-order valence-corrected chi connectivity index (χ1v) is 7.08. The second-order valence-electron chi connectivity index (χ2n) is 5.05. The summed E-state index contributed by atoms with van der Waals surface area (Å²) in [6.07, 6.45) is 3.71.